The summed E-state index contributed by atoms with van der Waals surface area (Å²) in [5, 5.41) is 9.75. The Hall–Kier alpha value is -6.44. The number of hydrogen-bond acceptors (Lipinski definition) is 1. The number of furan rings is 1. The van der Waals surface area contributed by atoms with Crippen LogP contribution in [0.2, 0.25) is 0 Å². The summed E-state index contributed by atoms with van der Waals surface area (Å²) < 4.78 is 6.57. The Bertz CT molecular complexity index is 2800. The van der Waals surface area contributed by atoms with Crippen molar-refractivity contribution in [1.29, 1.82) is 0 Å². The van der Waals surface area contributed by atoms with E-state index in [1.165, 1.54) is 71.3 Å². The van der Waals surface area contributed by atoms with E-state index in [4.69, 9.17) is 4.42 Å². The Balaban J connectivity index is 1.18. The first-order chi connectivity index (χ1) is 24.3. The summed E-state index contributed by atoms with van der Waals surface area (Å²) in [6, 6.07) is 65.7. The van der Waals surface area contributed by atoms with Gasteiger partial charge in [0, 0.05) is 10.8 Å². The molecule has 9 aromatic carbocycles. The van der Waals surface area contributed by atoms with E-state index in [9.17, 15) is 0 Å². The van der Waals surface area contributed by atoms with E-state index in [0.717, 1.165) is 27.5 Å². The average molecular weight is 623 g/mol. The molecule has 10 rings (SSSR count). The molecule has 0 radical (unpaired) electrons. The first-order valence-corrected chi connectivity index (χ1v) is 16.8. The Morgan fingerprint density at radius 2 is 0.837 bits per heavy atom. The molecule has 1 heterocycles. The first-order valence-electron chi connectivity index (χ1n) is 16.8. The van der Waals surface area contributed by atoms with Gasteiger partial charge in [0.2, 0.25) is 0 Å². The van der Waals surface area contributed by atoms with Crippen LogP contribution in [0.5, 0.6) is 0 Å². The second-order valence-electron chi connectivity index (χ2n) is 12.8. The van der Waals surface area contributed by atoms with Gasteiger partial charge in [-0.1, -0.05) is 158 Å². The largest absolute Gasteiger partial charge is 0.456 e. The number of hydrogen-bond donors (Lipinski definition) is 0. The smallest absolute Gasteiger partial charge is 0.136 e. The molecule has 0 amide bonds. The van der Waals surface area contributed by atoms with Crippen molar-refractivity contribution >= 4 is 54.3 Å². The zero-order chi connectivity index (χ0) is 32.3. The Labute approximate surface area is 284 Å². The summed E-state index contributed by atoms with van der Waals surface area (Å²) >= 11 is 0. The summed E-state index contributed by atoms with van der Waals surface area (Å²) in [4.78, 5) is 0. The lowest BCUT2D eigenvalue weighted by atomic mass is 9.84. The first kappa shape index (κ1) is 27.7. The fourth-order valence-corrected chi connectivity index (χ4v) is 7.77. The molecule has 0 saturated heterocycles. The summed E-state index contributed by atoms with van der Waals surface area (Å²) in [7, 11) is 0. The maximum atomic E-state index is 6.57. The third-order valence-electron chi connectivity index (χ3n) is 10.1. The van der Waals surface area contributed by atoms with Gasteiger partial charge >= 0.3 is 0 Å². The van der Waals surface area contributed by atoms with Gasteiger partial charge < -0.3 is 4.42 Å². The molecule has 0 atom stereocenters. The van der Waals surface area contributed by atoms with E-state index in [1.54, 1.807) is 0 Å². The van der Waals surface area contributed by atoms with Gasteiger partial charge in [-0.25, -0.2) is 0 Å². The average Bonchev–Trinajstić information content (AvgIpc) is 3.56. The SMILES string of the molecule is c1ccc(-c2ccc3c(c2)oc2cccc(-c4c5ccccc5c(-c5ccc(-c6ccc7ccccc7c6)cc5)c5ccccc45)c23)cc1. The third-order valence-corrected chi connectivity index (χ3v) is 10.1. The van der Waals surface area contributed by atoms with E-state index in [2.05, 4.69) is 182 Å². The summed E-state index contributed by atoms with van der Waals surface area (Å²) in [5.41, 5.74) is 11.5. The van der Waals surface area contributed by atoms with E-state index >= 15 is 0 Å². The molecule has 0 spiro atoms. The monoisotopic (exact) mass is 622 g/mol. The van der Waals surface area contributed by atoms with Crippen molar-refractivity contribution in [2.24, 2.45) is 0 Å². The Morgan fingerprint density at radius 3 is 1.57 bits per heavy atom. The zero-order valence-electron chi connectivity index (χ0n) is 26.7. The molecule has 1 nitrogen and oxygen atoms in total. The molecule has 0 bridgehead atoms. The highest BCUT2D eigenvalue weighted by molar-refractivity contribution is 6.25. The molecule has 0 unspecified atom stereocenters. The van der Waals surface area contributed by atoms with Gasteiger partial charge in [0.15, 0.2) is 0 Å². The van der Waals surface area contributed by atoms with Crippen molar-refractivity contribution in [3.05, 3.63) is 182 Å². The van der Waals surface area contributed by atoms with Crippen molar-refractivity contribution < 1.29 is 4.42 Å². The maximum absolute atomic E-state index is 6.57. The quantitative estimate of drug-likeness (QED) is 0.178. The highest BCUT2D eigenvalue weighted by Gasteiger charge is 2.20. The van der Waals surface area contributed by atoms with Crippen LogP contribution in [0.15, 0.2) is 186 Å². The lowest BCUT2D eigenvalue weighted by Gasteiger charge is -2.18. The van der Waals surface area contributed by atoms with Crippen LogP contribution < -0.4 is 0 Å². The minimum Gasteiger partial charge on any atom is -0.456 e. The molecular formula is C48H30O. The van der Waals surface area contributed by atoms with Crippen LogP contribution in [0.4, 0.5) is 0 Å². The van der Waals surface area contributed by atoms with Crippen LogP contribution in [0.3, 0.4) is 0 Å². The fraction of sp³-hybridized carbons (Fsp3) is 0. The summed E-state index contributed by atoms with van der Waals surface area (Å²) in [6.07, 6.45) is 0. The standard InChI is InChI=1S/C48H30O/c1-2-11-31(12-3-1)37-27-28-42-45(30-37)49-44-20-10-19-43(48(42)44)47-40-17-8-6-15-38(40)46(39-16-7-9-18-41(39)47)34-24-21-33(22-25-34)36-26-23-32-13-4-5-14-35(32)29-36/h1-30H. The topological polar surface area (TPSA) is 13.1 Å². The number of benzene rings is 9. The molecule has 0 aliphatic rings. The Kier molecular flexibility index (Phi) is 6.25. The van der Waals surface area contributed by atoms with Crippen molar-refractivity contribution in [1.82, 2.24) is 0 Å². The second kappa shape index (κ2) is 11.1. The summed E-state index contributed by atoms with van der Waals surface area (Å²) in [6.45, 7) is 0. The van der Waals surface area contributed by atoms with Gasteiger partial charge in [-0.15, -0.1) is 0 Å². The van der Waals surface area contributed by atoms with Crippen LogP contribution in [0.25, 0.3) is 98.8 Å². The van der Waals surface area contributed by atoms with E-state index in [0.29, 0.717) is 0 Å². The molecule has 0 fully saturated rings. The van der Waals surface area contributed by atoms with Gasteiger partial charge in [0.25, 0.3) is 0 Å². The van der Waals surface area contributed by atoms with Crippen LogP contribution in [-0.4, -0.2) is 0 Å². The molecule has 0 N–H and O–H groups in total. The highest BCUT2D eigenvalue weighted by Crippen LogP contribution is 2.47. The molecule has 10 aromatic rings. The molecule has 228 valence electrons. The molecule has 1 aromatic heterocycles. The lowest BCUT2D eigenvalue weighted by Crippen LogP contribution is -1.91. The van der Waals surface area contributed by atoms with Crippen LogP contribution in [0, 0.1) is 0 Å². The van der Waals surface area contributed by atoms with Crippen molar-refractivity contribution in [2.75, 3.05) is 0 Å². The van der Waals surface area contributed by atoms with Crippen LogP contribution in [-0.2, 0) is 0 Å². The molecule has 0 aliphatic carbocycles. The van der Waals surface area contributed by atoms with E-state index in [1.807, 2.05) is 0 Å². The maximum Gasteiger partial charge on any atom is 0.136 e. The van der Waals surface area contributed by atoms with Gasteiger partial charge in [-0.2, -0.15) is 0 Å². The molecular weight excluding hydrogens is 593 g/mol. The minimum absolute atomic E-state index is 0.902. The molecule has 0 aliphatic heterocycles. The van der Waals surface area contributed by atoms with Gasteiger partial charge in [-0.05, 0) is 101 Å². The second-order valence-corrected chi connectivity index (χ2v) is 12.8. The molecule has 49 heavy (non-hydrogen) atoms. The van der Waals surface area contributed by atoms with Crippen molar-refractivity contribution in [2.45, 2.75) is 0 Å². The van der Waals surface area contributed by atoms with E-state index in [-0.39, 0.29) is 0 Å². The van der Waals surface area contributed by atoms with Gasteiger partial charge in [-0.3, -0.25) is 0 Å². The highest BCUT2D eigenvalue weighted by atomic mass is 16.3. The Morgan fingerprint density at radius 1 is 0.286 bits per heavy atom. The normalized spacial score (nSPS) is 11.7. The predicted octanol–water partition coefficient (Wildman–Crippen LogP) is 13.7. The fourth-order valence-electron chi connectivity index (χ4n) is 7.77. The van der Waals surface area contributed by atoms with E-state index < -0.39 is 0 Å². The summed E-state index contributed by atoms with van der Waals surface area (Å²) in [5.74, 6) is 0. The lowest BCUT2D eigenvalue weighted by molar-refractivity contribution is 0.669. The number of rotatable bonds is 4. The van der Waals surface area contributed by atoms with Crippen LogP contribution >= 0.6 is 0 Å². The predicted molar refractivity (Wildman–Crippen MR) is 208 cm³/mol. The van der Waals surface area contributed by atoms with Crippen molar-refractivity contribution in [3.8, 4) is 44.5 Å². The van der Waals surface area contributed by atoms with Crippen LogP contribution in [0.1, 0.15) is 0 Å². The van der Waals surface area contributed by atoms with Gasteiger partial charge in [0.1, 0.15) is 11.2 Å². The number of fused-ring (bicyclic) bond motifs is 6. The minimum atomic E-state index is 0.902. The molecule has 0 saturated carbocycles. The van der Waals surface area contributed by atoms with Gasteiger partial charge in [0.05, 0.1) is 0 Å². The third kappa shape index (κ3) is 4.47. The molecule has 1 heteroatoms. The van der Waals surface area contributed by atoms with Crippen molar-refractivity contribution in [3.63, 3.8) is 0 Å². The zero-order valence-corrected chi connectivity index (χ0v) is 26.7.